The van der Waals surface area contributed by atoms with Crippen LogP contribution in [0.25, 0.3) is 0 Å². The highest BCUT2D eigenvalue weighted by Gasteiger charge is 2.02. The molecule has 1 aromatic rings. The van der Waals surface area contributed by atoms with Crippen LogP contribution in [0.4, 0.5) is 5.69 Å². The van der Waals surface area contributed by atoms with Gasteiger partial charge in [0.25, 0.3) is 0 Å². The summed E-state index contributed by atoms with van der Waals surface area (Å²) in [6.07, 6.45) is 1.69. The molecule has 0 amide bonds. The van der Waals surface area contributed by atoms with Gasteiger partial charge in [-0.3, -0.25) is 4.99 Å². The second-order valence-electron chi connectivity index (χ2n) is 2.58. The molecule has 0 heterocycles. The fourth-order valence-electron chi connectivity index (χ4n) is 1.02. The average Bonchev–Trinajstić information content (AvgIpc) is 2.08. The van der Waals surface area contributed by atoms with Crippen molar-refractivity contribution in [1.82, 2.24) is 0 Å². The normalized spacial score (nSPS) is 13.5. The lowest BCUT2D eigenvalue weighted by Crippen LogP contribution is -1.88. The Morgan fingerprint density at radius 1 is 1.54 bits per heavy atom. The van der Waals surface area contributed by atoms with Crippen LogP contribution in [0.5, 0.6) is 0 Å². The van der Waals surface area contributed by atoms with Gasteiger partial charge in [0.1, 0.15) is 0 Å². The summed E-state index contributed by atoms with van der Waals surface area (Å²) >= 11 is -1.90. The molecular weight excluding hydrogens is 186 g/mol. The summed E-state index contributed by atoms with van der Waals surface area (Å²) in [6, 6.07) is 5.00. The molecular formula is C9H11NO2S. The zero-order chi connectivity index (χ0) is 9.84. The number of rotatable bonds is 2. The molecule has 70 valence electrons. The average molecular weight is 197 g/mol. The zero-order valence-corrected chi connectivity index (χ0v) is 8.34. The van der Waals surface area contributed by atoms with Crippen molar-refractivity contribution in [3.8, 4) is 0 Å². The fraction of sp³-hybridized carbons (Fsp3) is 0.222. The van der Waals surface area contributed by atoms with E-state index < -0.39 is 11.1 Å². The van der Waals surface area contributed by atoms with Crippen LogP contribution in [0.3, 0.4) is 0 Å². The van der Waals surface area contributed by atoms with Gasteiger partial charge in [-0.05, 0) is 37.6 Å². The molecule has 0 saturated carbocycles. The van der Waals surface area contributed by atoms with Gasteiger partial charge >= 0.3 is 0 Å². The summed E-state index contributed by atoms with van der Waals surface area (Å²) in [6.45, 7) is 3.69. The molecule has 13 heavy (non-hydrogen) atoms. The number of hydrogen-bond acceptors (Lipinski definition) is 2. The SMILES string of the molecule is CC=Nc1ccc(S(=O)O)cc1C. The molecule has 1 N–H and O–H groups in total. The van der Waals surface area contributed by atoms with Gasteiger partial charge in [-0.25, -0.2) is 4.21 Å². The van der Waals surface area contributed by atoms with E-state index in [0.29, 0.717) is 4.90 Å². The summed E-state index contributed by atoms with van der Waals surface area (Å²) in [5.74, 6) is 0. The molecule has 0 aliphatic heterocycles. The Morgan fingerprint density at radius 2 is 2.23 bits per heavy atom. The van der Waals surface area contributed by atoms with Gasteiger partial charge in [0, 0.05) is 6.21 Å². The molecule has 0 aliphatic rings. The van der Waals surface area contributed by atoms with E-state index in [1.807, 2.05) is 13.8 Å². The summed E-state index contributed by atoms with van der Waals surface area (Å²) in [5.41, 5.74) is 1.73. The Bertz CT molecular complexity index is 361. The highest BCUT2D eigenvalue weighted by Crippen LogP contribution is 2.20. The van der Waals surface area contributed by atoms with Gasteiger partial charge in [0.2, 0.25) is 0 Å². The topological polar surface area (TPSA) is 49.7 Å². The fourth-order valence-corrected chi connectivity index (χ4v) is 1.48. The lowest BCUT2D eigenvalue weighted by molar-refractivity contribution is 0.564. The maximum absolute atomic E-state index is 10.7. The van der Waals surface area contributed by atoms with E-state index in [9.17, 15) is 4.21 Å². The van der Waals surface area contributed by atoms with Crippen molar-refractivity contribution in [2.75, 3.05) is 0 Å². The molecule has 0 aliphatic carbocycles. The Labute approximate surface area is 79.8 Å². The van der Waals surface area contributed by atoms with E-state index >= 15 is 0 Å². The summed E-state index contributed by atoms with van der Waals surface area (Å²) < 4.78 is 19.5. The van der Waals surface area contributed by atoms with Crippen LogP contribution in [0, 0.1) is 6.92 Å². The molecule has 0 saturated heterocycles. The Hall–Kier alpha value is -1.00. The van der Waals surface area contributed by atoms with E-state index in [1.54, 1.807) is 24.4 Å². The maximum Gasteiger partial charge on any atom is 0.186 e. The van der Waals surface area contributed by atoms with Crippen LogP contribution >= 0.6 is 0 Å². The van der Waals surface area contributed by atoms with Gasteiger partial charge in [0.05, 0.1) is 10.6 Å². The highest BCUT2D eigenvalue weighted by molar-refractivity contribution is 7.79. The second-order valence-corrected chi connectivity index (χ2v) is 3.55. The minimum absolute atomic E-state index is 0.410. The number of aliphatic imine (C=N–C) groups is 1. The van der Waals surface area contributed by atoms with Crippen molar-refractivity contribution in [1.29, 1.82) is 0 Å². The van der Waals surface area contributed by atoms with Gasteiger partial charge in [-0.2, -0.15) is 0 Å². The summed E-state index contributed by atoms with van der Waals surface area (Å²) in [7, 11) is 0. The molecule has 1 atom stereocenters. The molecule has 0 aromatic heterocycles. The first-order chi connectivity index (χ1) is 6.15. The van der Waals surface area contributed by atoms with Crippen molar-refractivity contribution in [2.24, 2.45) is 4.99 Å². The van der Waals surface area contributed by atoms with E-state index in [1.165, 1.54) is 0 Å². The van der Waals surface area contributed by atoms with E-state index in [2.05, 4.69) is 4.99 Å². The largest absolute Gasteiger partial charge is 0.302 e. The smallest absolute Gasteiger partial charge is 0.186 e. The first-order valence-electron chi connectivity index (χ1n) is 3.85. The number of benzene rings is 1. The molecule has 1 rings (SSSR count). The Balaban J connectivity index is 3.12. The monoisotopic (exact) mass is 197 g/mol. The van der Waals surface area contributed by atoms with Crippen molar-refractivity contribution >= 4 is 23.0 Å². The third kappa shape index (κ3) is 2.47. The van der Waals surface area contributed by atoms with Gasteiger partial charge < -0.3 is 4.55 Å². The van der Waals surface area contributed by atoms with Crippen LogP contribution in [0.1, 0.15) is 12.5 Å². The third-order valence-electron chi connectivity index (χ3n) is 1.64. The van der Waals surface area contributed by atoms with Crippen molar-refractivity contribution in [3.05, 3.63) is 23.8 Å². The second kappa shape index (κ2) is 4.30. The first kappa shape index (κ1) is 10.1. The van der Waals surface area contributed by atoms with E-state index in [4.69, 9.17) is 4.55 Å². The van der Waals surface area contributed by atoms with E-state index in [-0.39, 0.29) is 0 Å². The predicted octanol–water partition coefficient (Wildman–Crippen LogP) is 2.30. The third-order valence-corrected chi connectivity index (χ3v) is 2.30. The lowest BCUT2D eigenvalue weighted by Gasteiger charge is -2.00. The molecule has 3 nitrogen and oxygen atoms in total. The van der Waals surface area contributed by atoms with Crippen molar-refractivity contribution in [3.63, 3.8) is 0 Å². The minimum atomic E-state index is -1.90. The van der Waals surface area contributed by atoms with Gasteiger partial charge in [-0.1, -0.05) is 0 Å². The van der Waals surface area contributed by atoms with Crippen LogP contribution in [0.15, 0.2) is 28.1 Å². The van der Waals surface area contributed by atoms with Gasteiger partial charge in [-0.15, -0.1) is 0 Å². The van der Waals surface area contributed by atoms with Gasteiger partial charge in [0.15, 0.2) is 11.1 Å². The summed E-state index contributed by atoms with van der Waals surface area (Å²) in [5, 5.41) is 0. The first-order valence-corrected chi connectivity index (χ1v) is 4.96. The number of aryl methyl sites for hydroxylation is 1. The molecule has 0 spiro atoms. The van der Waals surface area contributed by atoms with Crippen LogP contribution in [-0.4, -0.2) is 15.0 Å². The molecule has 4 heteroatoms. The minimum Gasteiger partial charge on any atom is -0.302 e. The molecule has 0 fully saturated rings. The number of hydrogen-bond donors (Lipinski definition) is 1. The lowest BCUT2D eigenvalue weighted by atomic mass is 10.2. The predicted molar refractivity (Wildman–Crippen MR) is 54.0 cm³/mol. The molecule has 1 aromatic carbocycles. The quantitative estimate of drug-likeness (QED) is 0.584. The van der Waals surface area contributed by atoms with Crippen LogP contribution < -0.4 is 0 Å². The Morgan fingerprint density at radius 3 is 2.69 bits per heavy atom. The van der Waals surface area contributed by atoms with Crippen molar-refractivity contribution in [2.45, 2.75) is 18.7 Å². The molecule has 0 radical (unpaired) electrons. The zero-order valence-electron chi connectivity index (χ0n) is 7.52. The standard InChI is InChI=1S/C9H11NO2S/c1-3-10-9-5-4-8(13(11)12)6-7(9)2/h3-6H,1-2H3,(H,11,12). The van der Waals surface area contributed by atoms with Crippen molar-refractivity contribution < 1.29 is 8.76 Å². The van der Waals surface area contributed by atoms with E-state index in [0.717, 1.165) is 11.3 Å². The van der Waals surface area contributed by atoms with Crippen LogP contribution in [-0.2, 0) is 11.1 Å². The van der Waals surface area contributed by atoms with Crippen LogP contribution in [0.2, 0.25) is 0 Å². The molecule has 0 bridgehead atoms. The summed E-state index contributed by atoms with van der Waals surface area (Å²) in [4.78, 5) is 4.51. The highest BCUT2D eigenvalue weighted by atomic mass is 32.2. The Kier molecular flexibility index (Phi) is 3.33. The molecule has 1 unspecified atom stereocenters. The maximum atomic E-state index is 10.7. The number of nitrogens with zero attached hydrogens (tertiary/aromatic N) is 1.